The molecule has 0 aliphatic carbocycles. The summed E-state index contributed by atoms with van der Waals surface area (Å²) < 4.78 is 36.4. The highest BCUT2D eigenvalue weighted by Crippen LogP contribution is 2.25. The van der Waals surface area contributed by atoms with Gasteiger partial charge in [0.05, 0.1) is 16.4 Å². The predicted octanol–water partition coefficient (Wildman–Crippen LogP) is 2.52. The third kappa shape index (κ3) is 6.31. The van der Waals surface area contributed by atoms with Crippen molar-refractivity contribution in [1.82, 2.24) is 0 Å². The van der Waals surface area contributed by atoms with Crippen molar-refractivity contribution in [2.75, 3.05) is 19.8 Å². The van der Waals surface area contributed by atoms with Crippen LogP contribution in [0, 0.1) is 0 Å². The Morgan fingerprint density at radius 2 is 1.46 bits per heavy atom. The van der Waals surface area contributed by atoms with Crippen molar-refractivity contribution in [3.63, 3.8) is 0 Å². The quantitative estimate of drug-likeness (QED) is 0.258. The van der Waals surface area contributed by atoms with Gasteiger partial charge in [0, 0.05) is 6.54 Å². The third-order valence-electron chi connectivity index (χ3n) is 3.75. The minimum Gasteiger partial charge on any atom is -0.494 e. The van der Waals surface area contributed by atoms with Crippen molar-refractivity contribution in [3.05, 3.63) is 61.2 Å². The van der Waals surface area contributed by atoms with Crippen molar-refractivity contribution in [1.29, 1.82) is 0 Å². The molecule has 0 atom stereocenters. The van der Waals surface area contributed by atoms with E-state index in [0.29, 0.717) is 31.3 Å². The van der Waals surface area contributed by atoms with Crippen molar-refractivity contribution in [2.24, 2.45) is 16.5 Å². The van der Waals surface area contributed by atoms with E-state index in [1.807, 2.05) is 0 Å². The zero-order chi connectivity index (χ0) is 20.4. The molecule has 0 aromatic heterocycles. The van der Waals surface area contributed by atoms with Crippen LogP contribution >= 0.6 is 0 Å². The Balaban J connectivity index is 1.94. The van der Waals surface area contributed by atoms with Gasteiger partial charge >= 0.3 is 0 Å². The van der Waals surface area contributed by atoms with Crippen molar-refractivity contribution in [3.8, 4) is 11.5 Å². The predicted molar refractivity (Wildman–Crippen MR) is 109 cm³/mol. The standard InChI is InChI=1S/C20H25N3O4S/c1-2-14-26-16-5-9-18(10-6-16)28(24,25)19-11-7-17(8-12-19)27-15-4-3-13-23-20(21)22/h2,5-12H,1,3-4,13-15H2,(H4,21,22,23). The summed E-state index contributed by atoms with van der Waals surface area (Å²) in [6.45, 7) is 4.99. The molecule has 8 heteroatoms. The average molecular weight is 404 g/mol. The lowest BCUT2D eigenvalue weighted by molar-refractivity contribution is 0.307. The van der Waals surface area contributed by atoms with Gasteiger partial charge < -0.3 is 20.9 Å². The minimum absolute atomic E-state index is 0.0802. The topological polar surface area (TPSA) is 117 Å². The number of hydrogen-bond donors (Lipinski definition) is 2. The van der Waals surface area contributed by atoms with Gasteiger partial charge in [0.15, 0.2) is 5.96 Å². The Bertz CT molecular complexity index is 888. The van der Waals surface area contributed by atoms with Crippen LogP contribution < -0.4 is 20.9 Å². The van der Waals surface area contributed by atoms with Gasteiger partial charge in [0.1, 0.15) is 18.1 Å². The van der Waals surface area contributed by atoms with E-state index in [-0.39, 0.29) is 15.8 Å². The van der Waals surface area contributed by atoms with Crippen molar-refractivity contribution in [2.45, 2.75) is 22.6 Å². The number of guanidine groups is 1. The van der Waals surface area contributed by atoms with E-state index in [4.69, 9.17) is 20.9 Å². The lowest BCUT2D eigenvalue weighted by Crippen LogP contribution is -2.23. The summed E-state index contributed by atoms with van der Waals surface area (Å²) in [7, 11) is -3.60. The number of nitrogens with zero attached hydrogens (tertiary/aromatic N) is 1. The molecular formula is C20H25N3O4S. The van der Waals surface area contributed by atoms with Gasteiger partial charge in [-0.3, -0.25) is 4.99 Å². The summed E-state index contributed by atoms with van der Waals surface area (Å²) >= 11 is 0. The molecule has 7 nitrogen and oxygen atoms in total. The zero-order valence-electron chi connectivity index (χ0n) is 15.6. The lowest BCUT2D eigenvalue weighted by Gasteiger charge is -2.09. The summed E-state index contributed by atoms with van der Waals surface area (Å²) in [6, 6.07) is 12.6. The number of unbranched alkanes of at least 4 members (excludes halogenated alkanes) is 1. The van der Waals surface area contributed by atoms with Crippen LogP contribution in [0.5, 0.6) is 11.5 Å². The highest BCUT2D eigenvalue weighted by molar-refractivity contribution is 7.91. The fraction of sp³-hybridized carbons (Fsp3) is 0.250. The van der Waals surface area contributed by atoms with E-state index in [1.165, 1.54) is 24.3 Å². The molecule has 150 valence electrons. The molecule has 0 saturated carbocycles. The summed E-state index contributed by atoms with van der Waals surface area (Å²) in [6.07, 6.45) is 3.21. The summed E-state index contributed by atoms with van der Waals surface area (Å²) in [5, 5.41) is 0. The fourth-order valence-electron chi connectivity index (χ4n) is 2.33. The Morgan fingerprint density at radius 1 is 0.929 bits per heavy atom. The van der Waals surface area contributed by atoms with Gasteiger partial charge in [0.25, 0.3) is 0 Å². The van der Waals surface area contributed by atoms with E-state index in [2.05, 4.69) is 11.6 Å². The van der Waals surface area contributed by atoms with E-state index < -0.39 is 9.84 Å². The first kappa shape index (κ1) is 21.3. The number of hydrogen-bond acceptors (Lipinski definition) is 5. The second-order valence-corrected chi connectivity index (χ2v) is 7.86. The van der Waals surface area contributed by atoms with E-state index in [9.17, 15) is 8.42 Å². The van der Waals surface area contributed by atoms with Crippen LogP contribution in [0.4, 0.5) is 0 Å². The van der Waals surface area contributed by atoms with Crippen LogP contribution in [0.3, 0.4) is 0 Å². The van der Waals surface area contributed by atoms with E-state index in [0.717, 1.165) is 12.8 Å². The van der Waals surface area contributed by atoms with Gasteiger partial charge in [-0.05, 0) is 61.4 Å². The van der Waals surface area contributed by atoms with Gasteiger partial charge in [-0.2, -0.15) is 0 Å². The van der Waals surface area contributed by atoms with Gasteiger partial charge in [-0.15, -0.1) is 0 Å². The molecule has 0 radical (unpaired) electrons. The summed E-state index contributed by atoms with van der Waals surface area (Å²) in [5.74, 6) is 1.27. The molecule has 2 aromatic carbocycles. The third-order valence-corrected chi connectivity index (χ3v) is 5.54. The smallest absolute Gasteiger partial charge is 0.206 e. The summed E-state index contributed by atoms with van der Waals surface area (Å²) in [5.41, 5.74) is 10.5. The SMILES string of the molecule is C=CCOc1ccc(S(=O)(=O)c2ccc(OCCCCN=C(N)N)cc2)cc1. The Kier molecular flexibility index (Phi) is 7.88. The molecule has 0 aliphatic heterocycles. The van der Waals surface area contributed by atoms with Crippen LogP contribution in [0.25, 0.3) is 0 Å². The molecule has 0 heterocycles. The molecule has 0 unspecified atom stereocenters. The van der Waals surface area contributed by atoms with Crippen LogP contribution in [-0.4, -0.2) is 34.1 Å². The largest absolute Gasteiger partial charge is 0.494 e. The average Bonchev–Trinajstić information content (AvgIpc) is 2.69. The molecule has 28 heavy (non-hydrogen) atoms. The first-order valence-electron chi connectivity index (χ1n) is 8.80. The highest BCUT2D eigenvalue weighted by atomic mass is 32.2. The molecule has 4 N–H and O–H groups in total. The molecule has 2 aromatic rings. The van der Waals surface area contributed by atoms with Crippen LogP contribution in [0.15, 0.2) is 76.0 Å². The molecular weight excluding hydrogens is 378 g/mol. The number of ether oxygens (including phenoxy) is 2. The number of nitrogens with two attached hydrogens (primary N) is 2. The van der Waals surface area contributed by atoms with Crippen molar-refractivity contribution < 1.29 is 17.9 Å². The van der Waals surface area contributed by atoms with Gasteiger partial charge in [0.2, 0.25) is 9.84 Å². The van der Waals surface area contributed by atoms with E-state index in [1.54, 1.807) is 30.3 Å². The molecule has 2 rings (SSSR count). The maximum atomic E-state index is 12.7. The van der Waals surface area contributed by atoms with E-state index >= 15 is 0 Å². The normalized spacial score (nSPS) is 10.9. The number of rotatable bonds is 11. The fourth-order valence-corrected chi connectivity index (χ4v) is 3.59. The number of sulfone groups is 1. The zero-order valence-corrected chi connectivity index (χ0v) is 16.4. The first-order chi connectivity index (χ1) is 13.4. The Labute approximate surface area is 165 Å². The second-order valence-electron chi connectivity index (χ2n) is 5.91. The van der Waals surface area contributed by atoms with Crippen molar-refractivity contribution >= 4 is 15.8 Å². The monoisotopic (exact) mass is 403 g/mol. The van der Waals surface area contributed by atoms with Crippen LogP contribution in [-0.2, 0) is 9.84 Å². The van der Waals surface area contributed by atoms with Crippen LogP contribution in [0.1, 0.15) is 12.8 Å². The maximum Gasteiger partial charge on any atom is 0.206 e. The second kappa shape index (κ2) is 10.4. The number of benzene rings is 2. The first-order valence-corrected chi connectivity index (χ1v) is 10.3. The Hall–Kier alpha value is -3.00. The molecule has 0 spiro atoms. The molecule has 0 saturated heterocycles. The van der Waals surface area contributed by atoms with Gasteiger partial charge in [-0.25, -0.2) is 8.42 Å². The minimum atomic E-state index is -3.60. The molecule has 0 amide bonds. The lowest BCUT2D eigenvalue weighted by atomic mass is 10.3. The van der Waals surface area contributed by atoms with Crippen LogP contribution in [0.2, 0.25) is 0 Å². The Morgan fingerprint density at radius 3 is 1.96 bits per heavy atom. The maximum absolute atomic E-state index is 12.7. The highest BCUT2D eigenvalue weighted by Gasteiger charge is 2.17. The molecule has 0 aliphatic rings. The molecule has 0 fully saturated rings. The van der Waals surface area contributed by atoms with Gasteiger partial charge in [-0.1, -0.05) is 12.7 Å². The summed E-state index contributed by atoms with van der Waals surface area (Å²) in [4.78, 5) is 4.30. The number of aliphatic imine (C=N–C) groups is 1. The molecule has 0 bridgehead atoms.